The molecule has 258 valence electrons. The molecule has 1 fully saturated rings. The Morgan fingerprint density at radius 3 is 1.74 bits per heavy atom. The van der Waals surface area contributed by atoms with Crippen molar-refractivity contribution < 1.29 is 31.8 Å². The Balaban J connectivity index is 0.000000178. The van der Waals surface area contributed by atoms with Crippen molar-refractivity contribution in [3.63, 3.8) is 0 Å². The Morgan fingerprint density at radius 2 is 1.22 bits per heavy atom. The zero-order chi connectivity index (χ0) is 35.5. The number of hydrogen-bond donors (Lipinski definition) is 1. The first-order valence-electron chi connectivity index (χ1n) is 15.2. The SMILES string of the molecule is Cn1c(=O)c(Oc2ccc(F)cc2F)cc2cnc(Cl)cc21.Cn1c(=O)c(Oc2ccc(F)cc2F)cc2cnc(NC3CCOCC3)cc21. The van der Waals surface area contributed by atoms with Gasteiger partial charge in [-0.3, -0.25) is 9.59 Å². The molecule has 1 N–H and O–H groups in total. The third kappa shape index (κ3) is 7.56. The van der Waals surface area contributed by atoms with Gasteiger partial charge in [0, 0.05) is 74.7 Å². The van der Waals surface area contributed by atoms with Crippen LogP contribution in [0.5, 0.6) is 23.0 Å². The van der Waals surface area contributed by atoms with Crippen LogP contribution in [0.25, 0.3) is 21.8 Å². The summed E-state index contributed by atoms with van der Waals surface area (Å²) in [6.45, 7) is 1.43. The molecule has 50 heavy (non-hydrogen) atoms. The van der Waals surface area contributed by atoms with E-state index in [9.17, 15) is 27.2 Å². The van der Waals surface area contributed by atoms with Crippen molar-refractivity contribution in [2.75, 3.05) is 18.5 Å². The fraction of sp³-hybridized carbons (Fsp3) is 0.200. The van der Waals surface area contributed by atoms with E-state index in [1.54, 1.807) is 25.4 Å². The van der Waals surface area contributed by atoms with Crippen LogP contribution in [-0.2, 0) is 18.8 Å². The maximum atomic E-state index is 13.9. The van der Waals surface area contributed by atoms with Gasteiger partial charge in [0.05, 0.1) is 11.0 Å². The van der Waals surface area contributed by atoms with Crippen molar-refractivity contribution in [2.45, 2.75) is 18.9 Å². The predicted octanol–water partition coefficient (Wildman–Crippen LogP) is 7.25. The number of aromatic nitrogens is 4. The summed E-state index contributed by atoms with van der Waals surface area (Å²) in [5.74, 6) is -3.15. The highest BCUT2D eigenvalue weighted by Crippen LogP contribution is 2.27. The second-order valence-electron chi connectivity index (χ2n) is 11.3. The number of halogens is 5. The van der Waals surface area contributed by atoms with Gasteiger partial charge in [-0.1, -0.05) is 11.6 Å². The van der Waals surface area contributed by atoms with Crippen molar-refractivity contribution in [1.82, 2.24) is 19.1 Å². The molecule has 1 saturated heterocycles. The number of nitrogens with one attached hydrogen (secondary N) is 1. The summed E-state index contributed by atoms with van der Waals surface area (Å²) in [4.78, 5) is 33.2. The number of hydrogen-bond acceptors (Lipinski definition) is 8. The van der Waals surface area contributed by atoms with Crippen LogP contribution in [0.3, 0.4) is 0 Å². The quantitative estimate of drug-likeness (QED) is 0.142. The van der Waals surface area contributed by atoms with Gasteiger partial charge < -0.3 is 28.7 Å². The van der Waals surface area contributed by atoms with Crippen molar-refractivity contribution >= 4 is 39.2 Å². The molecule has 0 saturated carbocycles. The predicted molar refractivity (Wildman–Crippen MR) is 179 cm³/mol. The molecule has 1 aliphatic rings. The van der Waals surface area contributed by atoms with Gasteiger partial charge in [0.1, 0.15) is 22.6 Å². The minimum Gasteiger partial charge on any atom is -0.448 e. The van der Waals surface area contributed by atoms with E-state index in [0.29, 0.717) is 53.0 Å². The monoisotopic (exact) mass is 709 g/mol. The molecule has 5 heterocycles. The maximum Gasteiger partial charge on any atom is 0.293 e. The van der Waals surface area contributed by atoms with E-state index in [0.717, 1.165) is 37.1 Å². The average Bonchev–Trinajstić information content (AvgIpc) is 3.09. The zero-order valence-electron chi connectivity index (χ0n) is 26.6. The number of benzene rings is 2. The van der Waals surface area contributed by atoms with Crippen LogP contribution >= 0.6 is 11.6 Å². The van der Waals surface area contributed by atoms with Crippen molar-refractivity contribution in [3.05, 3.63) is 122 Å². The van der Waals surface area contributed by atoms with E-state index < -0.39 is 34.4 Å². The molecule has 7 rings (SSSR count). The zero-order valence-corrected chi connectivity index (χ0v) is 27.3. The van der Waals surface area contributed by atoms with Gasteiger partial charge in [0.2, 0.25) is 0 Å². The number of aryl methyl sites for hydroxylation is 2. The molecule has 0 spiro atoms. The lowest BCUT2D eigenvalue weighted by atomic mass is 10.1. The van der Waals surface area contributed by atoms with Gasteiger partial charge in [-0.2, -0.15) is 0 Å². The van der Waals surface area contributed by atoms with Gasteiger partial charge in [-0.05, 0) is 55.3 Å². The number of ether oxygens (including phenoxy) is 3. The molecule has 4 aromatic heterocycles. The third-order valence-corrected chi connectivity index (χ3v) is 8.12. The Kier molecular flexibility index (Phi) is 10.0. The molecule has 0 aliphatic carbocycles. The minimum absolute atomic E-state index is 0.0625. The van der Waals surface area contributed by atoms with Gasteiger partial charge in [0.15, 0.2) is 34.6 Å². The number of pyridine rings is 4. The van der Waals surface area contributed by atoms with E-state index in [-0.39, 0.29) is 34.2 Å². The Morgan fingerprint density at radius 1 is 0.720 bits per heavy atom. The third-order valence-electron chi connectivity index (χ3n) is 7.92. The largest absolute Gasteiger partial charge is 0.448 e. The maximum absolute atomic E-state index is 13.9. The van der Waals surface area contributed by atoms with Gasteiger partial charge in [0.25, 0.3) is 11.1 Å². The summed E-state index contributed by atoms with van der Waals surface area (Å²) < 4.78 is 72.2. The van der Waals surface area contributed by atoms with Gasteiger partial charge in [-0.15, -0.1) is 0 Å². The lowest BCUT2D eigenvalue weighted by molar-refractivity contribution is 0.0904. The second kappa shape index (κ2) is 14.6. The highest BCUT2D eigenvalue weighted by Gasteiger charge is 2.17. The summed E-state index contributed by atoms with van der Waals surface area (Å²) in [7, 11) is 3.14. The van der Waals surface area contributed by atoms with E-state index in [1.165, 1.54) is 34.5 Å². The summed E-state index contributed by atoms with van der Waals surface area (Å²) in [5, 5.41) is 4.88. The molecular weight excluding hydrogens is 682 g/mol. The summed E-state index contributed by atoms with van der Waals surface area (Å²) in [6.07, 6.45) is 4.90. The molecule has 0 unspecified atom stereocenters. The molecule has 2 aromatic carbocycles. The standard InChI is InChI=1S/C20H19F2N3O3.C15H9ClF2N2O2/c1-25-16-10-19(24-14-4-6-27-7-5-14)23-11-12(16)8-18(20(25)26)28-17-3-2-13(21)9-15(17)22;1-20-11-6-14(16)19-7-8(11)4-13(15(20)21)22-12-3-2-9(17)5-10(12)18/h2-3,8-11,14H,4-7H2,1H3,(H,23,24);2-7H,1H3. The molecule has 10 nitrogen and oxygen atoms in total. The number of nitrogens with zero attached hydrogens (tertiary/aromatic N) is 4. The number of anilines is 1. The normalized spacial score (nSPS) is 13.2. The van der Waals surface area contributed by atoms with Crippen LogP contribution in [0.4, 0.5) is 23.4 Å². The van der Waals surface area contributed by atoms with Crippen molar-refractivity contribution in [3.8, 4) is 23.0 Å². The van der Waals surface area contributed by atoms with E-state index in [2.05, 4.69) is 15.3 Å². The van der Waals surface area contributed by atoms with Gasteiger partial charge >= 0.3 is 0 Å². The molecule has 15 heteroatoms. The summed E-state index contributed by atoms with van der Waals surface area (Å²) >= 11 is 5.81. The lowest BCUT2D eigenvalue weighted by Gasteiger charge is -2.23. The second-order valence-corrected chi connectivity index (χ2v) is 11.7. The first-order valence-corrected chi connectivity index (χ1v) is 15.6. The lowest BCUT2D eigenvalue weighted by Crippen LogP contribution is -2.28. The smallest absolute Gasteiger partial charge is 0.293 e. The highest BCUT2D eigenvalue weighted by molar-refractivity contribution is 6.30. The average molecular weight is 710 g/mol. The van der Waals surface area contributed by atoms with Crippen LogP contribution < -0.4 is 25.9 Å². The van der Waals surface area contributed by atoms with E-state index in [4.69, 9.17) is 25.8 Å². The van der Waals surface area contributed by atoms with Crippen molar-refractivity contribution in [1.29, 1.82) is 0 Å². The fourth-order valence-electron chi connectivity index (χ4n) is 5.27. The van der Waals surface area contributed by atoms with Crippen LogP contribution in [0.2, 0.25) is 5.15 Å². The molecule has 0 bridgehead atoms. The molecular formula is C35H28ClF4N5O5. The first-order chi connectivity index (χ1) is 24.0. The van der Waals surface area contributed by atoms with Crippen molar-refractivity contribution in [2.24, 2.45) is 14.1 Å². The van der Waals surface area contributed by atoms with Crippen LogP contribution in [0.1, 0.15) is 12.8 Å². The molecule has 0 radical (unpaired) electrons. The highest BCUT2D eigenvalue weighted by atomic mass is 35.5. The van der Waals surface area contributed by atoms with E-state index >= 15 is 0 Å². The molecule has 0 amide bonds. The molecule has 6 aromatic rings. The number of rotatable bonds is 6. The minimum atomic E-state index is -0.892. The fourth-order valence-corrected chi connectivity index (χ4v) is 5.43. The van der Waals surface area contributed by atoms with Crippen LogP contribution in [-0.4, -0.2) is 38.4 Å². The van der Waals surface area contributed by atoms with E-state index in [1.807, 2.05) is 0 Å². The number of fused-ring (bicyclic) bond motifs is 2. The van der Waals surface area contributed by atoms with Crippen LogP contribution in [0, 0.1) is 23.3 Å². The summed E-state index contributed by atoms with van der Waals surface area (Å²) in [6, 6.07) is 12.3. The summed E-state index contributed by atoms with van der Waals surface area (Å²) in [5.41, 5.74) is 0.330. The Bertz CT molecular complexity index is 2350. The topological polar surface area (TPSA) is 110 Å². The Labute approximate surface area is 286 Å². The van der Waals surface area contributed by atoms with Gasteiger partial charge in [-0.25, -0.2) is 27.5 Å². The first kappa shape index (κ1) is 34.4. The molecule has 1 aliphatic heterocycles. The van der Waals surface area contributed by atoms with Crippen LogP contribution in [0.15, 0.2) is 82.6 Å². The Hall–Kier alpha value is -5.47. The molecule has 0 atom stereocenters.